The Kier molecular flexibility index (Phi) is 11.0. The summed E-state index contributed by atoms with van der Waals surface area (Å²) in [5, 5.41) is 4.88. The van der Waals surface area contributed by atoms with Gasteiger partial charge in [-0.15, -0.1) is 0 Å². The van der Waals surface area contributed by atoms with Crippen LogP contribution in [-0.2, 0) is 0 Å². The predicted octanol–water partition coefficient (Wildman–Crippen LogP) is 19.1. The van der Waals surface area contributed by atoms with E-state index in [1.54, 1.807) is 0 Å². The number of nitrogens with zero attached hydrogens (tertiary/aromatic N) is 1. The quantitative estimate of drug-likeness (QED) is 0.124. The largest absolute Gasteiger partial charge is 0.310 e. The molecule has 0 heterocycles. The lowest BCUT2D eigenvalue weighted by Gasteiger charge is -2.29. The lowest BCUT2D eigenvalue weighted by Crippen LogP contribution is -2.11. The number of hydrogen-bond donors (Lipinski definition) is 0. The molecular formula is C68H47N. The Balaban J connectivity index is 1.05. The molecule has 0 radical (unpaired) electrons. The summed E-state index contributed by atoms with van der Waals surface area (Å²) in [6.45, 7) is 0. The van der Waals surface area contributed by atoms with E-state index >= 15 is 0 Å². The third-order valence-corrected chi connectivity index (χ3v) is 13.5. The second-order valence-electron chi connectivity index (χ2n) is 17.6. The van der Waals surface area contributed by atoms with Crippen molar-refractivity contribution in [3.8, 4) is 77.9 Å². The Bertz CT molecular complexity index is 3700. The van der Waals surface area contributed by atoms with Crippen LogP contribution in [0, 0.1) is 0 Å². The molecule has 69 heavy (non-hydrogen) atoms. The first kappa shape index (κ1) is 41.4. The van der Waals surface area contributed by atoms with Crippen LogP contribution in [0.4, 0.5) is 17.1 Å². The molecule has 0 saturated carbocycles. The molecule has 0 aromatic heterocycles. The predicted molar refractivity (Wildman–Crippen MR) is 294 cm³/mol. The molecule has 1 heteroatoms. The first-order valence-electron chi connectivity index (χ1n) is 23.7. The first-order valence-corrected chi connectivity index (χ1v) is 23.7. The van der Waals surface area contributed by atoms with Gasteiger partial charge in [0.15, 0.2) is 0 Å². The molecule has 0 amide bonds. The second-order valence-corrected chi connectivity index (χ2v) is 17.6. The zero-order valence-corrected chi connectivity index (χ0v) is 38.1. The zero-order chi connectivity index (χ0) is 45.9. The molecule has 0 saturated heterocycles. The SMILES string of the molecule is c1ccc(-c2ccc(-c3ccc(N(c4ccc(-c5ccc(-c6ccccc6)c(-c6ccccc6)c5)cc4)c4cccc5c4c(-c4ccccc4)c(-c4ccccc4)c4ccccc45)cc3)cc2)cc1. The highest BCUT2D eigenvalue weighted by atomic mass is 15.1. The van der Waals surface area contributed by atoms with E-state index in [1.165, 1.54) is 93.9 Å². The van der Waals surface area contributed by atoms with E-state index in [9.17, 15) is 0 Å². The molecule has 0 unspecified atom stereocenters. The van der Waals surface area contributed by atoms with Crippen molar-refractivity contribution in [3.05, 3.63) is 285 Å². The fourth-order valence-electron chi connectivity index (χ4n) is 10.2. The van der Waals surface area contributed by atoms with E-state index in [-0.39, 0.29) is 0 Å². The molecule has 12 aromatic rings. The second kappa shape index (κ2) is 18.3. The Morgan fingerprint density at radius 1 is 0.203 bits per heavy atom. The number of fused-ring (bicyclic) bond motifs is 3. The fraction of sp³-hybridized carbons (Fsp3) is 0. The molecule has 0 N–H and O–H groups in total. The maximum Gasteiger partial charge on any atom is 0.0546 e. The van der Waals surface area contributed by atoms with Gasteiger partial charge >= 0.3 is 0 Å². The average molecular weight is 878 g/mol. The standard InChI is InChI=1S/C68H47N/c1-6-19-48(20-7-1)49-33-35-50(36-34-49)51-37-42-58(43-38-51)69(59-44-39-52(40-45-59)57-41-46-60(53-21-8-2-9-22-53)64(47-57)54-23-10-3-11-24-54)65-32-18-31-63-61-29-16-17-30-62(61)66(55-25-12-4-13-26-55)67(68(63)65)56-27-14-5-15-28-56/h1-47H. The van der Waals surface area contributed by atoms with Gasteiger partial charge in [0.2, 0.25) is 0 Å². The summed E-state index contributed by atoms with van der Waals surface area (Å²) in [7, 11) is 0. The minimum absolute atomic E-state index is 1.07. The molecular weight excluding hydrogens is 831 g/mol. The summed E-state index contributed by atoms with van der Waals surface area (Å²) in [5.41, 5.74) is 20.0. The van der Waals surface area contributed by atoms with Gasteiger partial charge in [-0.25, -0.2) is 0 Å². The topological polar surface area (TPSA) is 3.24 Å². The highest BCUT2D eigenvalue weighted by Gasteiger charge is 2.24. The molecule has 0 aliphatic heterocycles. The van der Waals surface area contributed by atoms with Crippen molar-refractivity contribution in [2.24, 2.45) is 0 Å². The summed E-state index contributed by atoms with van der Waals surface area (Å²) in [6.07, 6.45) is 0. The first-order chi connectivity index (χ1) is 34.2. The molecule has 0 atom stereocenters. The summed E-state index contributed by atoms with van der Waals surface area (Å²) < 4.78 is 0. The summed E-state index contributed by atoms with van der Waals surface area (Å²) in [5.74, 6) is 0. The van der Waals surface area contributed by atoms with Crippen molar-refractivity contribution >= 4 is 38.6 Å². The number of benzene rings is 12. The highest BCUT2D eigenvalue weighted by Crippen LogP contribution is 2.50. The third kappa shape index (κ3) is 7.97. The monoisotopic (exact) mass is 877 g/mol. The van der Waals surface area contributed by atoms with Crippen LogP contribution in [0.15, 0.2) is 285 Å². The van der Waals surface area contributed by atoms with Gasteiger partial charge < -0.3 is 4.90 Å². The molecule has 324 valence electrons. The van der Waals surface area contributed by atoms with Gasteiger partial charge in [0.05, 0.1) is 5.69 Å². The van der Waals surface area contributed by atoms with Gasteiger partial charge in [-0.2, -0.15) is 0 Å². The van der Waals surface area contributed by atoms with Crippen LogP contribution >= 0.6 is 0 Å². The Hall–Kier alpha value is -9.04. The van der Waals surface area contributed by atoms with Crippen LogP contribution in [0.3, 0.4) is 0 Å². The van der Waals surface area contributed by atoms with Crippen LogP contribution in [-0.4, -0.2) is 0 Å². The van der Waals surface area contributed by atoms with Crippen molar-refractivity contribution in [1.82, 2.24) is 0 Å². The van der Waals surface area contributed by atoms with Crippen molar-refractivity contribution in [3.63, 3.8) is 0 Å². The van der Waals surface area contributed by atoms with Crippen LogP contribution in [0.1, 0.15) is 0 Å². The van der Waals surface area contributed by atoms with Gasteiger partial charge in [0, 0.05) is 22.3 Å². The lowest BCUT2D eigenvalue weighted by molar-refractivity contribution is 1.30. The molecule has 0 aliphatic rings. The van der Waals surface area contributed by atoms with E-state index in [1.807, 2.05) is 0 Å². The molecule has 0 spiro atoms. The van der Waals surface area contributed by atoms with Crippen LogP contribution in [0.25, 0.3) is 99.4 Å². The Labute approximate surface area is 404 Å². The van der Waals surface area contributed by atoms with Crippen LogP contribution < -0.4 is 4.90 Å². The highest BCUT2D eigenvalue weighted by molar-refractivity contribution is 6.25. The van der Waals surface area contributed by atoms with Gasteiger partial charge in [-0.3, -0.25) is 0 Å². The van der Waals surface area contributed by atoms with Gasteiger partial charge in [0.25, 0.3) is 0 Å². The Morgan fingerprint density at radius 2 is 0.565 bits per heavy atom. The third-order valence-electron chi connectivity index (χ3n) is 13.5. The maximum atomic E-state index is 2.46. The number of rotatable bonds is 10. The molecule has 1 nitrogen and oxygen atoms in total. The Morgan fingerprint density at radius 3 is 1.09 bits per heavy atom. The van der Waals surface area contributed by atoms with Gasteiger partial charge in [-0.1, -0.05) is 249 Å². The van der Waals surface area contributed by atoms with Gasteiger partial charge in [-0.05, 0) is 125 Å². The van der Waals surface area contributed by atoms with Gasteiger partial charge in [0.1, 0.15) is 0 Å². The minimum Gasteiger partial charge on any atom is -0.310 e. The molecule has 0 fully saturated rings. The molecule has 0 aliphatic carbocycles. The normalized spacial score (nSPS) is 11.2. The van der Waals surface area contributed by atoms with Crippen molar-refractivity contribution < 1.29 is 0 Å². The van der Waals surface area contributed by atoms with E-state index in [0.29, 0.717) is 0 Å². The summed E-state index contributed by atoms with van der Waals surface area (Å²) in [6, 6.07) is 104. The lowest BCUT2D eigenvalue weighted by atomic mass is 9.84. The van der Waals surface area contributed by atoms with Crippen LogP contribution in [0.2, 0.25) is 0 Å². The van der Waals surface area contributed by atoms with E-state index in [4.69, 9.17) is 0 Å². The van der Waals surface area contributed by atoms with E-state index in [2.05, 4.69) is 290 Å². The molecule has 12 rings (SSSR count). The van der Waals surface area contributed by atoms with Crippen LogP contribution in [0.5, 0.6) is 0 Å². The summed E-state index contributed by atoms with van der Waals surface area (Å²) >= 11 is 0. The summed E-state index contributed by atoms with van der Waals surface area (Å²) in [4.78, 5) is 2.46. The smallest absolute Gasteiger partial charge is 0.0546 e. The van der Waals surface area contributed by atoms with E-state index in [0.717, 1.165) is 22.6 Å². The van der Waals surface area contributed by atoms with Crippen molar-refractivity contribution in [2.45, 2.75) is 0 Å². The zero-order valence-electron chi connectivity index (χ0n) is 38.1. The number of hydrogen-bond acceptors (Lipinski definition) is 1. The van der Waals surface area contributed by atoms with Crippen molar-refractivity contribution in [1.29, 1.82) is 0 Å². The average Bonchev–Trinajstić information content (AvgIpc) is 3.44. The molecule has 0 bridgehead atoms. The number of anilines is 3. The fourth-order valence-corrected chi connectivity index (χ4v) is 10.2. The maximum absolute atomic E-state index is 2.46. The van der Waals surface area contributed by atoms with E-state index < -0.39 is 0 Å². The van der Waals surface area contributed by atoms with Crippen molar-refractivity contribution in [2.75, 3.05) is 4.90 Å². The molecule has 12 aromatic carbocycles. The minimum atomic E-state index is 1.07.